The number of H-pyrrole nitrogens is 1. The van der Waals surface area contributed by atoms with Gasteiger partial charge in [0, 0.05) is 46.5 Å². The molecule has 5 aromatic rings. The number of piperidine rings is 1. The molecule has 1 fully saturated rings. The number of nitrogens with one attached hydrogen (secondary N) is 2. The van der Waals surface area contributed by atoms with Gasteiger partial charge in [0.05, 0.1) is 5.69 Å². The average Bonchev–Trinajstić information content (AvgIpc) is 3.47. The van der Waals surface area contributed by atoms with E-state index in [-0.39, 0.29) is 17.2 Å². The van der Waals surface area contributed by atoms with E-state index in [4.69, 9.17) is 0 Å². The molecule has 0 aliphatic carbocycles. The maximum absolute atomic E-state index is 13.1. The summed E-state index contributed by atoms with van der Waals surface area (Å²) in [7, 11) is 0. The summed E-state index contributed by atoms with van der Waals surface area (Å²) in [5.41, 5.74) is 8.48. The highest BCUT2D eigenvalue weighted by molar-refractivity contribution is 6.05. The highest BCUT2D eigenvalue weighted by Crippen LogP contribution is 2.34. The van der Waals surface area contributed by atoms with Crippen LogP contribution in [-0.2, 0) is 5.41 Å². The molecule has 43 heavy (non-hydrogen) atoms. The fraction of sp³-hybridized carbons (Fsp3) is 0.278. The first-order chi connectivity index (χ1) is 20.7. The number of nitrogens with zero attached hydrogens (tertiary/aromatic N) is 3. The van der Waals surface area contributed by atoms with Crippen LogP contribution in [0.1, 0.15) is 71.9 Å². The molecule has 0 saturated carbocycles. The van der Waals surface area contributed by atoms with Crippen LogP contribution >= 0.6 is 0 Å². The van der Waals surface area contributed by atoms with Crippen LogP contribution < -0.4 is 5.32 Å². The van der Waals surface area contributed by atoms with Crippen LogP contribution in [0.5, 0.6) is 0 Å². The number of fused-ring (bicyclic) bond motifs is 1. The van der Waals surface area contributed by atoms with Gasteiger partial charge in [-0.3, -0.25) is 9.59 Å². The number of anilines is 1. The third kappa shape index (κ3) is 5.80. The van der Waals surface area contributed by atoms with Crippen molar-refractivity contribution in [3.05, 3.63) is 101 Å². The molecule has 218 valence electrons. The summed E-state index contributed by atoms with van der Waals surface area (Å²) in [5.74, 6) is -0.0555. The molecule has 1 saturated heterocycles. The van der Waals surface area contributed by atoms with Gasteiger partial charge < -0.3 is 15.2 Å². The third-order valence-corrected chi connectivity index (χ3v) is 8.36. The van der Waals surface area contributed by atoms with E-state index in [9.17, 15) is 9.59 Å². The number of benzene rings is 3. The van der Waals surface area contributed by atoms with Gasteiger partial charge in [0.25, 0.3) is 11.8 Å². The summed E-state index contributed by atoms with van der Waals surface area (Å²) in [4.78, 5) is 40.6. The predicted molar refractivity (Wildman–Crippen MR) is 172 cm³/mol. The Morgan fingerprint density at radius 1 is 0.860 bits per heavy atom. The molecule has 0 atom stereocenters. The summed E-state index contributed by atoms with van der Waals surface area (Å²) in [5, 5.41) is 3.98. The Morgan fingerprint density at radius 2 is 1.56 bits per heavy atom. The molecule has 7 heteroatoms. The van der Waals surface area contributed by atoms with Gasteiger partial charge >= 0.3 is 0 Å². The van der Waals surface area contributed by atoms with Crippen LogP contribution in [0.15, 0.2) is 79.1 Å². The van der Waals surface area contributed by atoms with Gasteiger partial charge in [-0.1, -0.05) is 57.2 Å². The molecule has 1 aliphatic rings. The second-order valence-electron chi connectivity index (χ2n) is 12.4. The number of carbonyl (C=O) groups excluding carboxylic acids is 2. The molecular formula is C36H37N5O2. The lowest BCUT2D eigenvalue weighted by atomic mass is 9.86. The number of aromatic nitrogens is 3. The molecular weight excluding hydrogens is 534 g/mol. The van der Waals surface area contributed by atoms with E-state index in [0.717, 1.165) is 70.7 Å². The summed E-state index contributed by atoms with van der Waals surface area (Å²) in [6.07, 6.45) is 4.89. The topological polar surface area (TPSA) is 91.0 Å². The molecule has 3 heterocycles. The molecule has 6 rings (SSSR count). The molecule has 1 aliphatic heterocycles. The van der Waals surface area contributed by atoms with Crippen molar-refractivity contribution >= 4 is 28.5 Å². The monoisotopic (exact) mass is 571 g/mol. The van der Waals surface area contributed by atoms with Crippen molar-refractivity contribution in [1.29, 1.82) is 0 Å². The molecule has 7 nitrogen and oxygen atoms in total. The Bertz CT molecular complexity index is 1790. The van der Waals surface area contributed by atoms with E-state index in [1.54, 1.807) is 6.33 Å². The molecule has 2 aromatic heterocycles. The number of likely N-dealkylation sites (tertiary alicyclic amines) is 1. The van der Waals surface area contributed by atoms with E-state index >= 15 is 0 Å². The SMILES string of the molecule is Cc1c(NC(=O)c2ccc(C(C)(C)C)cc2)cccc1-c1ncnc2[nH]c(-c3ccc(C(=O)N4CCCCC4)cc3)cc12. The Labute approximate surface area is 252 Å². The van der Waals surface area contributed by atoms with E-state index in [2.05, 4.69) is 41.0 Å². The zero-order chi connectivity index (χ0) is 30.1. The number of carbonyl (C=O) groups is 2. The molecule has 2 amide bonds. The van der Waals surface area contributed by atoms with Gasteiger partial charge in [-0.15, -0.1) is 0 Å². The maximum atomic E-state index is 13.1. The van der Waals surface area contributed by atoms with Crippen LogP contribution in [0.2, 0.25) is 0 Å². The van der Waals surface area contributed by atoms with Crippen molar-refractivity contribution in [2.24, 2.45) is 0 Å². The van der Waals surface area contributed by atoms with Gasteiger partial charge in [-0.05, 0) is 84.7 Å². The van der Waals surface area contributed by atoms with Gasteiger partial charge in [-0.25, -0.2) is 9.97 Å². The van der Waals surface area contributed by atoms with E-state index < -0.39 is 0 Å². The van der Waals surface area contributed by atoms with Gasteiger partial charge in [0.15, 0.2) is 0 Å². The van der Waals surface area contributed by atoms with Crippen molar-refractivity contribution in [3.63, 3.8) is 0 Å². The van der Waals surface area contributed by atoms with Gasteiger partial charge in [0.2, 0.25) is 0 Å². The molecule has 0 radical (unpaired) electrons. The largest absolute Gasteiger partial charge is 0.339 e. The number of amides is 2. The number of rotatable bonds is 5. The summed E-state index contributed by atoms with van der Waals surface area (Å²) in [6.45, 7) is 10.1. The number of hydrogen-bond donors (Lipinski definition) is 2. The Hall–Kier alpha value is -4.78. The quantitative estimate of drug-likeness (QED) is 0.225. The van der Waals surface area contributed by atoms with Crippen molar-refractivity contribution in [2.45, 2.75) is 52.4 Å². The van der Waals surface area contributed by atoms with E-state index in [1.165, 1.54) is 12.0 Å². The fourth-order valence-corrected chi connectivity index (χ4v) is 5.73. The first-order valence-corrected chi connectivity index (χ1v) is 14.9. The third-order valence-electron chi connectivity index (χ3n) is 8.36. The smallest absolute Gasteiger partial charge is 0.255 e. The zero-order valence-corrected chi connectivity index (χ0v) is 25.2. The Morgan fingerprint density at radius 3 is 2.26 bits per heavy atom. The minimum atomic E-state index is -0.153. The summed E-state index contributed by atoms with van der Waals surface area (Å²) < 4.78 is 0. The second kappa shape index (κ2) is 11.5. The molecule has 0 unspecified atom stereocenters. The molecule has 0 spiro atoms. The standard InChI is InChI=1S/C36H37N5O2/c1-23-28(9-8-10-30(23)40-34(42)25-15-17-27(18-16-25)36(2,3)4)32-29-21-31(39-33(29)38-22-37-32)24-11-13-26(14-12-24)35(43)41-19-6-5-7-20-41/h8-18,21-22H,5-7,19-20H2,1-4H3,(H,40,42)(H,37,38,39). The predicted octanol–water partition coefficient (Wildman–Crippen LogP) is 7.78. The minimum absolute atomic E-state index is 0.0240. The number of hydrogen-bond acceptors (Lipinski definition) is 4. The van der Waals surface area contributed by atoms with Crippen LogP contribution in [0.4, 0.5) is 5.69 Å². The number of aromatic amines is 1. The Balaban J connectivity index is 1.26. The van der Waals surface area contributed by atoms with E-state index in [0.29, 0.717) is 11.1 Å². The fourth-order valence-electron chi connectivity index (χ4n) is 5.73. The lowest BCUT2D eigenvalue weighted by Crippen LogP contribution is -2.35. The van der Waals surface area contributed by atoms with E-state index in [1.807, 2.05) is 84.6 Å². The van der Waals surface area contributed by atoms with Gasteiger partial charge in [-0.2, -0.15) is 0 Å². The van der Waals surface area contributed by atoms with Crippen LogP contribution in [-0.4, -0.2) is 44.8 Å². The summed E-state index contributed by atoms with van der Waals surface area (Å²) >= 11 is 0. The van der Waals surface area contributed by atoms with Crippen LogP contribution in [0.25, 0.3) is 33.5 Å². The second-order valence-corrected chi connectivity index (χ2v) is 12.4. The lowest BCUT2D eigenvalue weighted by Gasteiger charge is -2.26. The van der Waals surface area contributed by atoms with Crippen molar-refractivity contribution in [3.8, 4) is 22.5 Å². The van der Waals surface area contributed by atoms with Crippen LogP contribution in [0, 0.1) is 6.92 Å². The highest BCUT2D eigenvalue weighted by atomic mass is 16.2. The molecule has 0 bridgehead atoms. The Kier molecular flexibility index (Phi) is 7.57. The van der Waals surface area contributed by atoms with Crippen molar-refractivity contribution in [2.75, 3.05) is 18.4 Å². The molecule has 3 aromatic carbocycles. The first-order valence-electron chi connectivity index (χ1n) is 14.9. The van der Waals surface area contributed by atoms with Crippen molar-refractivity contribution in [1.82, 2.24) is 19.9 Å². The highest BCUT2D eigenvalue weighted by Gasteiger charge is 2.20. The van der Waals surface area contributed by atoms with Crippen LogP contribution in [0.3, 0.4) is 0 Å². The first kappa shape index (κ1) is 28.3. The normalized spacial score (nSPS) is 13.7. The molecule has 2 N–H and O–H groups in total. The van der Waals surface area contributed by atoms with Gasteiger partial charge in [0.1, 0.15) is 12.0 Å². The van der Waals surface area contributed by atoms with Crippen molar-refractivity contribution < 1.29 is 9.59 Å². The zero-order valence-electron chi connectivity index (χ0n) is 25.2. The maximum Gasteiger partial charge on any atom is 0.255 e. The average molecular weight is 572 g/mol. The lowest BCUT2D eigenvalue weighted by molar-refractivity contribution is 0.0724. The minimum Gasteiger partial charge on any atom is -0.339 e. The summed E-state index contributed by atoms with van der Waals surface area (Å²) in [6, 6.07) is 23.4.